The first-order valence-electron chi connectivity index (χ1n) is 7.48. The molecule has 2 aromatic carbocycles. The molecule has 0 aliphatic carbocycles. The molecule has 1 atom stereocenters. The predicted molar refractivity (Wildman–Crippen MR) is 83.4 cm³/mol. The van der Waals surface area contributed by atoms with Crippen LogP contribution in [-0.4, -0.2) is 13.2 Å². The highest BCUT2D eigenvalue weighted by molar-refractivity contribution is 5.56. The van der Waals surface area contributed by atoms with Crippen LogP contribution in [0, 0.1) is 11.7 Å². The summed E-state index contributed by atoms with van der Waals surface area (Å²) in [5.74, 6) is 1.28. The van der Waals surface area contributed by atoms with Gasteiger partial charge < -0.3 is 10.1 Å². The smallest absolute Gasteiger partial charge is 0.123 e. The number of halogens is 1. The first-order valence-corrected chi connectivity index (χ1v) is 7.48. The van der Waals surface area contributed by atoms with Crippen LogP contribution in [0.15, 0.2) is 42.5 Å². The molecule has 2 nitrogen and oxygen atoms in total. The molecule has 0 aromatic heterocycles. The van der Waals surface area contributed by atoms with E-state index in [9.17, 15) is 4.39 Å². The molecule has 0 radical (unpaired) electrons. The Morgan fingerprint density at radius 1 is 1.19 bits per heavy atom. The molecule has 0 bridgehead atoms. The Balaban J connectivity index is 1.71. The highest BCUT2D eigenvalue weighted by Gasteiger charge is 2.19. The van der Waals surface area contributed by atoms with Crippen LogP contribution in [0.1, 0.15) is 18.1 Å². The standard InChI is InChI=1S/C18H20FNO/c1-2-21-17-7-8-18-15(11-17)10-14(12-20-18)9-13-3-5-16(19)6-4-13/h3-8,11,14,20H,2,9-10,12H2,1H3. The van der Waals surface area contributed by atoms with Crippen molar-refractivity contribution in [1.82, 2.24) is 0 Å². The zero-order valence-electron chi connectivity index (χ0n) is 12.2. The second-order valence-electron chi connectivity index (χ2n) is 5.53. The summed E-state index contributed by atoms with van der Waals surface area (Å²) in [4.78, 5) is 0. The number of nitrogens with one attached hydrogen (secondary N) is 1. The molecule has 3 rings (SSSR count). The van der Waals surface area contributed by atoms with Gasteiger partial charge in [0.1, 0.15) is 11.6 Å². The quantitative estimate of drug-likeness (QED) is 0.915. The Hall–Kier alpha value is -2.03. The number of hydrogen-bond acceptors (Lipinski definition) is 2. The first-order chi connectivity index (χ1) is 10.2. The van der Waals surface area contributed by atoms with Crippen molar-refractivity contribution in [3.05, 3.63) is 59.4 Å². The Labute approximate surface area is 125 Å². The molecule has 2 aromatic rings. The third-order valence-electron chi connectivity index (χ3n) is 3.92. The fraction of sp³-hybridized carbons (Fsp3) is 0.333. The minimum atomic E-state index is -0.174. The molecule has 1 N–H and O–H groups in total. The molecule has 0 saturated carbocycles. The normalized spacial score (nSPS) is 17.0. The minimum absolute atomic E-state index is 0.174. The molecular weight excluding hydrogens is 265 g/mol. The highest BCUT2D eigenvalue weighted by Crippen LogP contribution is 2.30. The molecule has 1 heterocycles. The van der Waals surface area contributed by atoms with Gasteiger partial charge in [-0.15, -0.1) is 0 Å². The van der Waals surface area contributed by atoms with Crippen molar-refractivity contribution in [3.63, 3.8) is 0 Å². The first kappa shape index (κ1) is 13.9. The number of anilines is 1. The monoisotopic (exact) mass is 285 g/mol. The topological polar surface area (TPSA) is 21.3 Å². The molecule has 3 heteroatoms. The maximum absolute atomic E-state index is 13.0. The van der Waals surface area contributed by atoms with Crippen molar-refractivity contribution in [2.24, 2.45) is 5.92 Å². The van der Waals surface area contributed by atoms with Crippen molar-refractivity contribution in [2.45, 2.75) is 19.8 Å². The molecule has 21 heavy (non-hydrogen) atoms. The van der Waals surface area contributed by atoms with Crippen LogP contribution in [0.4, 0.5) is 10.1 Å². The largest absolute Gasteiger partial charge is 0.494 e. The van der Waals surface area contributed by atoms with Crippen molar-refractivity contribution >= 4 is 5.69 Å². The van der Waals surface area contributed by atoms with Crippen LogP contribution < -0.4 is 10.1 Å². The van der Waals surface area contributed by atoms with Gasteiger partial charge in [0.2, 0.25) is 0 Å². The number of rotatable bonds is 4. The Morgan fingerprint density at radius 2 is 2.00 bits per heavy atom. The average molecular weight is 285 g/mol. The van der Waals surface area contributed by atoms with Crippen LogP contribution in [0.25, 0.3) is 0 Å². The summed E-state index contributed by atoms with van der Waals surface area (Å²) in [7, 11) is 0. The lowest BCUT2D eigenvalue weighted by Gasteiger charge is -2.26. The van der Waals surface area contributed by atoms with Gasteiger partial charge in [-0.3, -0.25) is 0 Å². The maximum Gasteiger partial charge on any atom is 0.123 e. The van der Waals surface area contributed by atoms with Crippen molar-refractivity contribution in [2.75, 3.05) is 18.5 Å². The summed E-state index contributed by atoms with van der Waals surface area (Å²) < 4.78 is 18.5. The lowest BCUT2D eigenvalue weighted by atomic mass is 9.89. The van der Waals surface area contributed by atoms with Gasteiger partial charge >= 0.3 is 0 Å². The van der Waals surface area contributed by atoms with Crippen LogP contribution >= 0.6 is 0 Å². The van der Waals surface area contributed by atoms with Gasteiger partial charge in [-0.1, -0.05) is 12.1 Å². The van der Waals surface area contributed by atoms with Gasteiger partial charge in [0.15, 0.2) is 0 Å². The van der Waals surface area contributed by atoms with Crippen LogP contribution in [0.5, 0.6) is 5.75 Å². The molecule has 0 spiro atoms. The molecule has 0 saturated heterocycles. The van der Waals surface area contributed by atoms with E-state index in [-0.39, 0.29) is 5.82 Å². The second-order valence-corrected chi connectivity index (χ2v) is 5.53. The average Bonchev–Trinajstić information content (AvgIpc) is 2.50. The van der Waals surface area contributed by atoms with Crippen molar-refractivity contribution < 1.29 is 9.13 Å². The summed E-state index contributed by atoms with van der Waals surface area (Å²) in [6.07, 6.45) is 1.99. The third-order valence-corrected chi connectivity index (χ3v) is 3.92. The van der Waals surface area contributed by atoms with E-state index in [1.54, 1.807) is 0 Å². The molecule has 0 amide bonds. The molecule has 110 valence electrons. The SMILES string of the molecule is CCOc1ccc2c(c1)CC(Cc1ccc(F)cc1)CN2. The maximum atomic E-state index is 13.0. The van der Waals surface area contributed by atoms with Crippen molar-refractivity contribution in [3.8, 4) is 5.75 Å². The van der Waals surface area contributed by atoms with Crippen LogP contribution in [0.2, 0.25) is 0 Å². The van der Waals surface area contributed by atoms with E-state index in [2.05, 4.69) is 17.4 Å². The van der Waals surface area contributed by atoms with Crippen molar-refractivity contribution in [1.29, 1.82) is 0 Å². The Kier molecular flexibility index (Phi) is 4.09. The summed E-state index contributed by atoms with van der Waals surface area (Å²) in [6, 6.07) is 13.1. The second kappa shape index (κ2) is 6.17. The summed E-state index contributed by atoms with van der Waals surface area (Å²) in [6.45, 7) is 3.64. The zero-order chi connectivity index (χ0) is 14.7. The van der Waals surface area contributed by atoms with Gasteiger partial charge in [0.05, 0.1) is 6.61 Å². The molecule has 1 unspecified atom stereocenters. The highest BCUT2D eigenvalue weighted by atomic mass is 19.1. The Bertz CT molecular complexity index is 609. The van der Waals surface area contributed by atoms with Gasteiger partial charge in [0, 0.05) is 12.2 Å². The summed E-state index contributed by atoms with van der Waals surface area (Å²) >= 11 is 0. The molecule has 1 aliphatic heterocycles. The van der Waals surface area contributed by atoms with Crippen LogP contribution in [0.3, 0.4) is 0 Å². The van der Waals surface area contributed by atoms with E-state index in [4.69, 9.17) is 4.74 Å². The summed E-state index contributed by atoms with van der Waals surface area (Å²) in [5.41, 5.74) is 3.70. The van der Waals surface area contributed by atoms with E-state index in [1.165, 1.54) is 28.9 Å². The van der Waals surface area contributed by atoms with E-state index < -0.39 is 0 Å². The number of benzene rings is 2. The molecular formula is C18H20FNO. The number of hydrogen-bond donors (Lipinski definition) is 1. The number of fused-ring (bicyclic) bond motifs is 1. The minimum Gasteiger partial charge on any atom is -0.494 e. The summed E-state index contributed by atoms with van der Waals surface area (Å²) in [5, 5.41) is 3.48. The van der Waals surface area contributed by atoms with Gasteiger partial charge in [-0.05, 0) is 67.1 Å². The van der Waals surface area contributed by atoms with Gasteiger partial charge in [-0.25, -0.2) is 4.39 Å². The van der Waals surface area contributed by atoms with E-state index in [0.717, 1.165) is 25.1 Å². The fourth-order valence-electron chi connectivity index (χ4n) is 2.90. The Morgan fingerprint density at radius 3 is 2.76 bits per heavy atom. The predicted octanol–water partition coefficient (Wildman–Crippen LogP) is 4.05. The fourth-order valence-corrected chi connectivity index (χ4v) is 2.90. The lowest BCUT2D eigenvalue weighted by Crippen LogP contribution is -2.24. The zero-order valence-corrected chi connectivity index (χ0v) is 12.2. The third kappa shape index (κ3) is 3.35. The van der Waals surface area contributed by atoms with Gasteiger partial charge in [-0.2, -0.15) is 0 Å². The van der Waals surface area contributed by atoms with E-state index in [0.29, 0.717) is 12.5 Å². The lowest BCUT2D eigenvalue weighted by molar-refractivity contribution is 0.339. The van der Waals surface area contributed by atoms with Gasteiger partial charge in [0.25, 0.3) is 0 Å². The van der Waals surface area contributed by atoms with Crippen LogP contribution in [-0.2, 0) is 12.8 Å². The molecule has 0 fully saturated rings. The molecule has 1 aliphatic rings. The van der Waals surface area contributed by atoms with E-state index >= 15 is 0 Å². The van der Waals surface area contributed by atoms with E-state index in [1.807, 2.05) is 25.1 Å². The number of ether oxygens (including phenoxy) is 1.